The summed E-state index contributed by atoms with van der Waals surface area (Å²) in [6, 6.07) is 6.84. The topological polar surface area (TPSA) is 78.4 Å². The molecule has 6 rings (SSSR count). The Morgan fingerprint density at radius 1 is 1.15 bits per heavy atom. The van der Waals surface area contributed by atoms with Crippen molar-refractivity contribution in [2.75, 3.05) is 29.9 Å². The van der Waals surface area contributed by atoms with Crippen LogP contribution in [0.1, 0.15) is 60.4 Å². The van der Waals surface area contributed by atoms with E-state index < -0.39 is 28.0 Å². The predicted molar refractivity (Wildman–Crippen MR) is 122 cm³/mol. The first kappa shape index (κ1) is 21.4. The number of nitrogens with one attached hydrogen (secondary N) is 1. The van der Waals surface area contributed by atoms with Gasteiger partial charge in [0.1, 0.15) is 21.5 Å². The van der Waals surface area contributed by atoms with Crippen LogP contribution in [0.25, 0.3) is 0 Å². The first-order valence-electron chi connectivity index (χ1n) is 11.8. The maximum absolute atomic E-state index is 14.3. The molecule has 4 aliphatic rings. The van der Waals surface area contributed by atoms with Gasteiger partial charge in [0.25, 0.3) is 0 Å². The van der Waals surface area contributed by atoms with E-state index in [0.29, 0.717) is 11.9 Å². The molecule has 0 amide bonds. The Kier molecular flexibility index (Phi) is 4.99. The summed E-state index contributed by atoms with van der Waals surface area (Å²) in [5.41, 5.74) is 3.89. The number of aromatic nitrogens is 2. The summed E-state index contributed by atoms with van der Waals surface area (Å²) in [6.07, 6.45) is 6.01. The molecule has 0 radical (unpaired) electrons. The Labute approximate surface area is 194 Å². The van der Waals surface area contributed by atoms with E-state index in [-0.39, 0.29) is 23.0 Å². The summed E-state index contributed by atoms with van der Waals surface area (Å²) in [5, 5.41) is 9.71. The molecule has 1 saturated carbocycles. The molecule has 0 unspecified atom stereocenters. The molecule has 1 aromatic carbocycles. The first-order valence-corrected chi connectivity index (χ1v) is 13.0. The van der Waals surface area contributed by atoms with Gasteiger partial charge in [-0.15, -0.1) is 0 Å². The van der Waals surface area contributed by atoms with E-state index in [9.17, 15) is 18.1 Å². The van der Waals surface area contributed by atoms with Crippen molar-refractivity contribution in [2.45, 2.75) is 73.0 Å². The van der Waals surface area contributed by atoms with Crippen molar-refractivity contribution in [1.82, 2.24) is 9.97 Å². The van der Waals surface area contributed by atoms with Gasteiger partial charge in [0.2, 0.25) is 5.95 Å². The van der Waals surface area contributed by atoms with Crippen molar-refractivity contribution < 1.29 is 18.1 Å². The van der Waals surface area contributed by atoms with Crippen LogP contribution in [0.2, 0.25) is 0 Å². The van der Waals surface area contributed by atoms with Crippen molar-refractivity contribution >= 4 is 22.6 Å². The summed E-state index contributed by atoms with van der Waals surface area (Å²) < 4.78 is 41.2. The van der Waals surface area contributed by atoms with Crippen LogP contribution >= 0.6 is 0 Å². The fourth-order valence-corrected chi connectivity index (χ4v) is 6.66. The van der Waals surface area contributed by atoms with Crippen molar-refractivity contribution in [2.24, 2.45) is 0 Å². The first-order chi connectivity index (χ1) is 15.9. The number of piperidine rings is 1. The SMILES string of the molecule is O=[S@@]1c2c(nc(N3CCC(c4ccc5c(c4)CC5)CC3)nc2NC2(CO)CCC2)CC1(F)F. The van der Waals surface area contributed by atoms with Crippen LogP contribution in [0.4, 0.5) is 20.5 Å². The number of aliphatic hydroxyl groups is 1. The maximum atomic E-state index is 14.3. The van der Waals surface area contributed by atoms with Gasteiger partial charge in [0, 0.05) is 13.1 Å². The van der Waals surface area contributed by atoms with Crippen molar-refractivity contribution in [3.05, 3.63) is 40.6 Å². The summed E-state index contributed by atoms with van der Waals surface area (Å²) in [6.45, 7) is 1.37. The summed E-state index contributed by atoms with van der Waals surface area (Å²) in [5.74, 6) is 1.08. The van der Waals surface area contributed by atoms with Crippen molar-refractivity contribution in [3.8, 4) is 0 Å². The molecule has 1 atom stereocenters. The van der Waals surface area contributed by atoms with Gasteiger partial charge in [-0.3, -0.25) is 0 Å². The number of aliphatic hydroxyl groups excluding tert-OH is 1. The second-order valence-electron chi connectivity index (χ2n) is 9.94. The number of hydrogen-bond donors (Lipinski definition) is 2. The lowest BCUT2D eigenvalue weighted by Crippen LogP contribution is -2.49. The van der Waals surface area contributed by atoms with Crippen LogP contribution < -0.4 is 10.2 Å². The molecule has 0 spiro atoms. The number of benzene rings is 1. The van der Waals surface area contributed by atoms with E-state index >= 15 is 0 Å². The highest BCUT2D eigenvalue weighted by Crippen LogP contribution is 2.44. The van der Waals surface area contributed by atoms with Crippen LogP contribution in [0.15, 0.2) is 23.1 Å². The van der Waals surface area contributed by atoms with Gasteiger partial charge in [-0.2, -0.15) is 13.8 Å². The molecule has 33 heavy (non-hydrogen) atoms. The average molecular weight is 475 g/mol. The quantitative estimate of drug-likeness (QED) is 0.690. The molecule has 2 N–H and O–H groups in total. The van der Waals surface area contributed by atoms with Gasteiger partial charge in [-0.25, -0.2) is 9.19 Å². The summed E-state index contributed by atoms with van der Waals surface area (Å²) >= 11 is 0. The number of nitrogens with zero attached hydrogens (tertiary/aromatic N) is 3. The van der Waals surface area contributed by atoms with E-state index in [1.54, 1.807) is 0 Å². The lowest BCUT2D eigenvalue weighted by atomic mass is 9.77. The molecule has 2 aromatic rings. The molecular weight excluding hydrogens is 446 g/mol. The average Bonchev–Trinajstić information content (AvgIpc) is 3.00. The number of aryl methyl sites for hydroxylation is 2. The number of alkyl halides is 2. The van der Waals surface area contributed by atoms with Gasteiger partial charge in [-0.05, 0) is 67.6 Å². The standard InChI is InChI=1S/C24H28F2N4O2S/c25-24(26)13-19-20(33(24)32)21(29-23(14-31)8-1-9-23)28-22(27-19)30-10-6-16(7-11-30)18-5-3-15-2-4-17(15)12-18/h3,5,12,16,31H,1-2,4,6-11,13-14H2,(H,27,28,29)/t33-/m1/s1. The third-order valence-corrected chi connectivity index (χ3v) is 9.38. The molecule has 1 aromatic heterocycles. The number of halogens is 2. The Balaban J connectivity index is 1.26. The minimum absolute atomic E-state index is 0.000404. The molecular formula is C24H28F2N4O2S. The van der Waals surface area contributed by atoms with Gasteiger partial charge in [-0.1, -0.05) is 18.2 Å². The zero-order valence-electron chi connectivity index (χ0n) is 18.4. The number of anilines is 2. The zero-order chi connectivity index (χ0) is 22.8. The Bertz CT molecular complexity index is 1120. The monoisotopic (exact) mass is 474 g/mol. The smallest absolute Gasteiger partial charge is 0.331 e. The third kappa shape index (κ3) is 3.55. The largest absolute Gasteiger partial charge is 0.394 e. The molecule has 9 heteroatoms. The second kappa shape index (κ2) is 7.70. The van der Waals surface area contributed by atoms with E-state index in [1.807, 2.05) is 0 Å². The van der Waals surface area contributed by atoms with Crippen LogP contribution in [-0.4, -0.2) is 49.8 Å². The normalized spacial score (nSPS) is 25.1. The second-order valence-corrected chi connectivity index (χ2v) is 11.5. The van der Waals surface area contributed by atoms with E-state index in [1.165, 1.54) is 29.5 Å². The fraction of sp³-hybridized carbons (Fsp3) is 0.583. The molecule has 176 valence electrons. The van der Waals surface area contributed by atoms with E-state index in [4.69, 9.17) is 0 Å². The number of hydrogen-bond acceptors (Lipinski definition) is 6. The van der Waals surface area contributed by atoms with Crippen LogP contribution in [0.3, 0.4) is 0 Å². The highest BCUT2D eigenvalue weighted by Gasteiger charge is 2.50. The minimum atomic E-state index is -3.35. The molecule has 6 nitrogen and oxygen atoms in total. The van der Waals surface area contributed by atoms with Crippen molar-refractivity contribution in [1.29, 1.82) is 0 Å². The van der Waals surface area contributed by atoms with Gasteiger partial charge >= 0.3 is 5.25 Å². The number of rotatable bonds is 5. The predicted octanol–water partition coefficient (Wildman–Crippen LogP) is 3.54. The van der Waals surface area contributed by atoms with Gasteiger partial charge in [0.15, 0.2) is 0 Å². The molecule has 2 fully saturated rings. The lowest BCUT2D eigenvalue weighted by Gasteiger charge is -2.42. The molecule has 2 aliphatic carbocycles. The van der Waals surface area contributed by atoms with Crippen LogP contribution in [0.5, 0.6) is 0 Å². The van der Waals surface area contributed by atoms with Gasteiger partial charge in [0.05, 0.1) is 24.3 Å². The van der Waals surface area contributed by atoms with E-state index in [0.717, 1.165) is 45.2 Å². The van der Waals surface area contributed by atoms with Crippen LogP contribution in [-0.2, 0) is 30.1 Å². The summed E-state index contributed by atoms with van der Waals surface area (Å²) in [4.78, 5) is 11.1. The molecule has 1 saturated heterocycles. The molecule has 2 aliphatic heterocycles. The lowest BCUT2D eigenvalue weighted by molar-refractivity contribution is 0.104. The third-order valence-electron chi connectivity index (χ3n) is 7.89. The van der Waals surface area contributed by atoms with Crippen LogP contribution in [0, 0.1) is 0 Å². The zero-order valence-corrected chi connectivity index (χ0v) is 19.3. The highest BCUT2D eigenvalue weighted by atomic mass is 32.2. The minimum Gasteiger partial charge on any atom is -0.394 e. The van der Waals surface area contributed by atoms with Gasteiger partial charge < -0.3 is 15.3 Å². The highest BCUT2D eigenvalue weighted by molar-refractivity contribution is 7.86. The number of fused-ring (bicyclic) bond motifs is 2. The molecule has 3 heterocycles. The summed E-state index contributed by atoms with van der Waals surface area (Å²) in [7, 11) is -2.50. The Morgan fingerprint density at radius 3 is 2.52 bits per heavy atom. The van der Waals surface area contributed by atoms with E-state index in [2.05, 4.69) is 38.4 Å². The Hall–Kier alpha value is -2.13. The van der Waals surface area contributed by atoms with Crippen molar-refractivity contribution in [3.63, 3.8) is 0 Å². The molecule has 0 bridgehead atoms. The fourth-order valence-electron chi connectivity index (χ4n) is 5.49. The maximum Gasteiger partial charge on any atom is 0.331 e. The Morgan fingerprint density at radius 2 is 1.91 bits per heavy atom.